The Labute approximate surface area is 136 Å². The highest BCUT2D eigenvalue weighted by Gasteiger charge is 2.22. The second-order valence-corrected chi connectivity index (χ2v) is 5.85. The predicted molar refractivity (Wildman–Crippen MR) is 88.8 cm³/mol. The monoisotopic (exact) mass is 311 g/mol. The topological polar surface area (TPSA) is 56.3 Å². The molecule has 0 aliphatic rings. The number of aromatic nitrogens is 1. The van der Waals surface area contributed by atoms with Crippen LogP contribution in [0.4, 0.5) is 0 Å². The molecule has 2 aromatic rings. The summed E-state index contributed by atoms with van der Waals surface area (Å²) in [5.41, 5.74) is 4.81. The van der Waals surface area contributed by atoms with E-state index in [1.165, 1.54) is 6.20 Å². The number of carbonyl (C=O) groups excluding carboxylic acids is 2. The van der Waals surface area contributed by atoms with Crippen LogP contribution in [-0.4, -0.2) is 22.8 Å². The summed E-state index contributed by atoms with van der Waals surface area (Å²) in [4.78, 5) is 28.7. The van der Waals surface area contributed by atoms with E-state index in [1.54, 1.807) is 19.1 Å². The number of ketones is 1. The van der Waals surface area contributed by atoms with Crippen LogP contribution in [0.25, 0.3) is 0 Å². The van der Waals surface area contributed by atoms with Crippen molar-refractivity contribution < 1.29 is 14.3 Å². The van der Waals surface area contributed by atoms with Gasteiger partial charge in [-0.3, -0.25) is 9.78 Å². The molecule has 120 valence electrons. The predicted octanol–water partition coefficient (Wildman–Crippen LogP) is 3.74. The van der Waals surface area contributed by atoms with Gasteiger partial charge in [0.1, 0.15) is 0 Å². The summed E-state index contributed by atoms with van der Waals surface area (Å²) >= 11 is 0. The third-order valence-electron chi connectivity index (χ3n) is 3.91. The number of hydrogen-bond donors (Lipinski definition) is 0. The molecule has 0 bridgehead atoms. The first-order valence-corrected chi connectivity index (χ1v) is 7.55. The Morgan fingerprint density at radius 1 is 1.00 bits per heavy atom. The van der Waals surface area contributed by atoms with E-state index in [2.05, 4.69) is 4.98 Å². The molecule has 0 aliphatic carbocycles. The van der Waals surface area contributed by atoms with E-state index in [0.717, 1.165) is 22.4 Å². The molecule has 0 spiro atoms. The molecular formula is C19H21NO3. The minimum Gasteiger partial charge on any atom is -0.451 e. The van der Waals surface area contributed by atoms with Crippen molar-refractivity contribution >= 4 is 11.8 Å². The minimum atomic E-state index is -0.843. The van der Waals surface area contributed by atoms with E-state index in [4.69, 9.17) is 4.74 Å². The summed E-state index contributed by atoms with van der Waals surface area (Å²) in [5.74, 6) is -0.737. The van der Waals surface area contributed by atoms with Crippen molar-refractivity contribution in [3.05, 3.63) is 64.0 Å². The number of esters is 1. The Morgan fingerprint density at radius 2 is 1.65 bits per heavy atom. The lowest BCUT2D eigenvalue weighted by Gasteiger charge is -2.15. The molecule has 1 atom stereocenters. The molecule has 0 saturated carbocycles. The van der Waals surface area contributed by atoms with Gasteiger partial charge in [-0.15, -0.1) is 0 Å². The van der Waals surface area contributed by atoms with Crippen molar-refractivity contribution in [1.29, 1.82) is 0 Å². The van der Waals surface area contributed by atoms with Crippen molar-refractivity contribution in [2.75, 3.05) is 0 Å². The Balaban J connectivity index is 2.15. The summed E-state index contributed by atoms with van der Waals surface area (Å²) in [6, 6.07) is 7.20. The highest BCUT2D eigenvalue weighted by Crippen LogP contribution is 2.18. The first-order chi connectivity index (χ1) is 10.8. The van der Waals surface area contributed by atoms with E-state index < -0.39 is 12.1 Å². The normalized spacial score (nSPS) is 11.9. The number of hydrogen-bond acceptors (Lipinski definition) is 4. The molecule has 1 heterocycles. The average molecular weight is 311 g/mol. The van der Waals surface area contributed by atoms with Crippen molar-refractivity contribution in [2.24, 2.45) is 0 Å². The number of benzene rings is 1. The molecule has 0 saturated heterocycles. The van der Waals surface area contributed by atoms with E-state index >= 15 is 0 Å². The van der Waals surface area contributed by atoms with Gasteiger partial charge in [0.15, 0.2) is 6.10 Å². The Kier molecular flexibility index (Phi) is 4.94. The van der Waals surface area contributed by atoms with E-state index in [1.807, 2.05) is 39.8 Å². The van der Waals surface area contributed by atoms with Crippen LogP contribution in [0.2, 0.25) is 0 Å². The molecule has 1 unspecified atom stereocenters. The van der Waals surface area contributed by atoms with E-state index in [9.17, 15) is 9.59 Å². The Bertz CT molecular complexity index is 748. The van der Waals surface area contributed by atoms with Crippen LogP contribution in [0, 0.1) is 27.7 Å². The summed E-state index contributed by atoms with van der Waals surface area (Å²) in [6.45, 7) is 9.28. The van der Waals surface area contributed by atoms with Crippen LogP contribution in [-0.2, 0) is 4.74 Å². The standard InChI is InChI=1S/C19H21NO3/c1-11-8-13(3)17(9-12(11)2)18(21)15(5)23-19(22)16-7-6-14(4)20-10-16/h6-10,15H,1-5H3. The number of nitrogens with zero attached hydrogens (tertiary/aromatic N) is 1. The van der Waals surface area contributed by atoms with Gasteiger partial charge in [0.2, 0.25) is 5.78 Å². The van der Waals surface area contributed by atoms with Gasteiger partial charge < -0.3 is 4.74 Å². The highest BCUT2D eigenvalue weighted by atomic mass is 16.5. The second kappa shape index (κ2) is 6.73. The minimum absolute atomic E-state index is 0.195. The number of Topliss-reactive ketones (excluding diaryl/α,β-unsaturated/α-hetero) is 1. The molecule has 0 amide bonds. The SMILES string of the molecule is Cc1ccc(C(=O)OC(C)C(=O)c2cc(C)c(C)cc2C)cn1. The van der Waals surface area contributed by atoms with Crippen molar-refractivity contribution in [2.45, 2.75) is 40.7 Å². The van der Waals surface area contributed by atoms with Gasteiger partial charge >= 0.3 is 5.97 Å². The molecule has 23 heavy (non-hydrogen) atoms. The third-order valence-corrected chi connectivity index (χ3v) is 3.91. The average Bonchev–Trinajstić information content (AvgIpc) is 2.50. The first kappa shape index (κ1) is 16.9. The number of aryl methyl sites for hydroxylation is 4. The van der Waals surface area contributed by atoms with Gasteiger partial charge in [0, 0.05) is 17.5 Å². The lowest BCUT2D eigenvalue weighted by atomic mass is 9.96. The third kappa shape index (κ3) is 3.83. The van der Waals surface area contributed by atoms with E-state index in [0.29, 0.717) is 11.1 Å². The molecule has 0 radical (unpaired) electrons. The molecular weight excluding hydrogens is 290 g/mol. The summed E-state index contributed by atoms with van der Waals surface area (Å²) in [5, 5.41) is 0. The molecule has 1 aromatic carbocycles. The second-order valence-electron chi connectivity index (χ2n) is 5.85. The largest absolute Gasteiger partial charge is 0.451 e. The van der Waals surface area contributed by atoms with Crippen molar-refractivity contribution in [3.63, 3.8) is 0 Å². The van der Waals surface area contributed by atoms with Gasteiger partial charge in [-0.25, -0.2) is 4.79 Å². The van der Waals surface area contributed by atoms with Gasteiger partial charge in [0.05, 0.1) is 5.56 Å². The quantitative estimate of drug-likeness (QED) is 0.637. The smallest absolute Gasteiger partial charge is 0.340 e. The van der Waals surface area contributed by atoms with Crippen LogP contribution in [0.3, 0.4) is 0 Å². The van der Waals surface area contributed by atoms with Crippen LogP contribution in [0.1, 0.15) is 50.0 Å². The van der Waals surface area contributed by atoms with Gasteiger partial charge in [0.25, 0.3) is 0 Å². The molecule has 0 fully saturated rings. The molecule has 0 N–H and O–H groups in total. The lowest BCUT2D eigenvalue weighted by molar-refractivity contribution is 0.0318. The maximum atomic E-state index is 12.6. The molecule has 1 aromatic heterocycles. The fourth-order valence-corrected chi connectivity index (χ4v) is 2.32. The maximum absolute atomic E-state index is 12.6. The maximum Gasteiger partial charge on any atom is 0.340 e. The zero-order valence-corrected chi connectivity index (χ0v) is 14.1. The van der Waals surface area contributed by atoms with Crippen LogP contribution < -0.4 is 0 Å². The summed E-state index contributed by atoms with van der Waals surface area (Å²) in [6.07, 6.45) is 0.612. The zero-order valence-electron chi connectivity index (χ0n) is 14.1. The zero-order chi connectivity index (χ0) is 17.1. The van der Waals surface area contributed by atoms with Crippen molar-refractivity contribution in [3.8, 4) is 0 Å². The van der Waals surface area contributed by atoms with Crippen LogP contribution in [0.15, 0.2) is 30.5 Å². The van der Waals surface area contributed by atoms with Crippen molar-refractivity contribution in [1.82, 2.24) is 4.98 Å². The fraction of sp³-hybridized carbons (Fsp3) is 0.316. The van der Waals surface area contributed by atoms with E-state index in [-0.39, 0.29) is 5.78 Å². The van der Waals surface area contributed by atoms with Gasteiger partial charge in [-0.05, 0) is 69.5 Å². The summed E-state index contributed by atoms with van der Waals surface area (Å²) in [7, 11) is 0. The van der Waals surface area contributed by atoms with Gasteiger partial charge in [-0.2, -0.15) is 0 Å². The Morgan fingerprint density at radius 3 is 2.26 bits per heavy atom. The first-order valence-electron chi connectivity index (χ1n) is 7.55. The number of ether oxygens (including phenoxy) is 1. The molecule has 2 rings (SSSR count). The molecule has 4 nitrogen and oxygen atoms in total. The van der Waals surface area contributed by atoms with Crippen LogP contribution >= 0.6 is 0 Å². The lowest BCUT2D eigenvalue weighted by Crippen LogP contribution is -2.25. The van der Waals surface area contributed by atoms with Crippen LogP contribution in [0.5, 0.6) is 0 Å². The summed E-state index contributed by atoms with van der Waals surface area (Å²) < 4.78 is 5.29. The van der Waals surface area contributed by atoms with Gasteiger partial charge in [-0.1, -0.05) is 6.07 Å². The fourth-order valence-electron chi connectivity index (χ4n) is 2.32. The molecule has 0 aliphatic heterocycles. The molecule has 4 heteroatoms. The highest BCUT2D eigenvalue weighted by molar-refractivity contribution is 6.02. The number of carbonyl (C=O) groups is 2. The Hall–Kier alpha value is -2.49. The number of rotatable bonds is 4. The number of pyridine rings is 1.